The summed E-state index contributed by atoms with van der Waals surface area (Å²) >= 11 is 6.09. The molecule has 15 heteroatoms. The largest absolute Gasteiger partial charge is 0.505 e. The fourth-order valence-electron chi connectivity index (χ4n) is 6.43. The Morgan fingerprint density at radius 2 is 1.91 bits per heavy atom. The Hall–Kier alpha value is -4.72. The number of anilines is 1. The highest BCUT2D eigenvalue weighted by atomic mass is 35.5. The Kier molecular flexibility index (Phi) is 7.87. The number of allylic oxidation sites excluding steroid dienone is 1. The topological polar surface area (TPSA) is 135 Å². The number of benzene rings is 1. The number of halogens is 4. The number of hydrogen-bond donors (Lipinski definition) is 2. The van der Waals surface area contributed by atoms with Gasteiger partial charge >= 0.3 is 6.18 Å². The number of pyridine rings is 1. The smallest absolute Gasteiger partial charge is 0.416 e. The van der Waals surface area contributed by atoms with Crippen LogP contribution in [0.15, 0.2) is 47.9 Å². The van der Waals surface area contributed by atoms with Crippen molar-refractivity contribution < 1.29 is 27.9 Å². The number of carbonyl (C=O) groups excluding carboxylic acids is 2. The summed E-state index contributed by atoms with van der Waals surface area (Å²) in [6, 6.07) is 5.59. The van der Waals surface area contributed by atoms with Crippen molar-refractivity contribution in [3.63, 3.8) is 0 Å². The SMILES string of the molecule is C=C(C)c1nc2n(CC(=O)Nc3ccc(C(F)(F)F)cc3Cl)c3c(c(=O)n2n1)C1(CCC3)CCN(C(=O)c2ncccc2O)CC1. The third kappa shape index (κ3) is 5.50. The van der Waals surface area contributed by atoms with Gasteiger partial charge < -0.3 is 19.9 Å². The van der Waals surface area contributed by atoms with E-state index in [9.17, 15) is 32.7 Å². The second-order valence-electron chi connectivity index (χ2n) is 11.7. The predicted octanol–water partition coefficient (Wildman–Crippen LogP) is 4.85. The molecule has 0 unspecified atom stereocenters. The van der Waals surface area contributed by atoms with E-state index in [1.165, 1.54) is 18.3 Å². The fourth-order valence-corrected chi connectivity index (χ4v) is 6.66. The number of fused-ring (bicyclic) bond motifs is 3. The van der Waals surface area contributed by atoms with Crippen molar-refractivity contribution in [2.45, 2.75) is 57.2 Å². The molecule has 0 bridgehead atoms. The summed E-state index contributed by atoms with van der Waals surface area (Å²) in [6.45, 7) is 5.88. The lowest BCUT2D eigenvalue weighted by Crippen LogP contribution is -2.50. The number of nitrogens with zero attached hydrogens (tertiary/aromatic N) is 6. The standard InChI is InChI=1S/C31H29ClF3N7O4/c1-17(2)26-38-29-41(16-23(44)37-20-8-7-18(15-19(20)32)31(33,34)35)21-5-3-9-30(24(21)27(45)42(29)39-26)10-13-40(14-11-30)28(46)25-22(43)6-4-12-36-25/h4,6-8,12,15,43H,1,3,5,9-11,13-14,16H2,2H3,(H,37,44). The lowest BCUT2D eigenvalue weighted by Gasteiger charge is -2.45. The van der Waals surface area contributed by atoms with Gasteiger partial charge in [0.2, 0.25) is 11.7 Å². The van der Waals surface area contributed by atoms with Gasteiger partial charge in [-0.1, -0.05) is 18.2 Å². The van der Waals surface area contributed by atoms with Crippen molar-refractivity contribution in [1.82, 2.24) is 29.0 Å². The first-order valence-electron chi connectivity index (χ1n) is 14.6. The maximum atomic E-state index is 14.1. The normalized spacial score (nSPS) is 16.0. The number of nitrogens with one attached hydrogen (secondary N) is 1. The van der Waals surface area contributed by atoms with Crippen LogP contribution in [0.2, 0.25) is 5.02 Å². The minimum Gasteiger partial charge on any atom is -0.505 e. The molecule has 11 nitrogen and oxygen atoms in total. The maximum Gasteiger partial charge on any atom is 0.416 e. The number of likely N-dealkylation sites (tertiary alicyclic amines) is 1. The molecule has 1 aliphatic heterocycles. The number of rotatable bonds is 5. The molecule has 0 saturated carbocycles. The van der Waals surface area contributed by atoms with Crippen molar-refractivity contribution in [3.05, 3.63) is 86.8 Å². The summed E-state index contributed by atoms with van der Waals surface area (Å²) in [5.41, 5.74) is -0.355. The van der Waals surface area contributed by atoms with Crippen LogP contribution in [0, 0.1) is 0 Å². The molecule has 240 valence electrons. The lowest BCUT2D eigenvalue weighted by atomic mass is 9.66. The van der Waals surface area contributed by atoms with Gasteiger partial charge in [0.25, 0.3) is 11.5 Å². The first-order valence-corrected chi connectivity index (χ1v) is 15.0. The van der Waals surface area contributed by atoms with Gasteiger partial charge in [-0.2, -0.15) is 22.7 Å². The van der Waals surface area contributed by atoms with Gasteiger partial charge in [0.15, 0.2) is 11.5 Å². The molecule has 1 spiro atoms. The van der Waals surface area contributed by atoms with Gasteiger partial charge in [-0.3, -0.25) is 14.4 Å². The third-order valence-electron chi connectivity index (χ3n) is 8.70. The molecule has 0 radical (unpaired) electrons. The molecule has 2 aliphatic rings. The van der Waals surface area contributed by atoms with Crippen LogP contribution in [0.3, 0.4) is 0 Å². The summed E-state index contributed by atoms with van der Waals surface area (Å²) in [5.74, 6) is -0.853. The van der Waals surface area contributed by atoms with Gasteiger partial charge in [-0.15, -0.1) is 5.10 Å². The van der Waals surface area contributed by atoms with Crippen molar-refractivity contribution in [1.29, 1.82) is 0 Å². The van der Waals surface area contributed by atoms with E-state index < -0.39 is 29.0 Å². The van der Waals surface area contributed by atoms with Crippen molar-refractivity contribution in [2.24, 2.45) is 0 Å². The van der Waals surface area contributed by atoms with Crippen LogP contribution in [-0.4, -0.2) is 59.1 Å². The molecule has 3 aromatic heterocycles. The first kappa shape index (κ1) is 31.3. The summed E-state index contributed by atoms with van der Waals surface area (Å²) in [4.78, 5) is 50.8. The summed E-state index contributed by atoms with van der Waals surface area (Å²) in [6.07, 6.45) is -0.413. The molecule has 46 heavy (non-hydrogen) atoms. The van der Waals surface area contributed by atoms with E-state index in [2.05, 4.69) is 27.0 Å². The number of carbonyl (C=O) groups is 2. The van der Waals surface area contributed by atoms with Crippen LogP contribution in [-0.2, 0) is 29.4 Å². The molecule has 4 heterocycles. The zero-order valence-corrected chi connectivity index (χ0v) is 25.5. The Morgan fingerprint density at radius 3 is 2.57 bits per heavy atom. The van der Waals surface area contributed by atoms with E-state index in [4.69, 9.17) is 11.6 Å². The highest BCUT2D eigenvalue weighted by Crippen LogP contribution is 2.44. The van der Waals surface area contributed by atoms with Crippen LogP contribution in [0.5, 0.6) is 5.75 Å². The highest BCUT2D eigenvalue weighted by Gasteiger charge is 2.44. The Labute approximate surface area is 265 Å². The molecule has 1 fully saturated rings. The van der Waals surface area contributed by atoms with Crippen LogP contribution in [0.25, 0.3) is 11.4 Å². The van der Waals surface area contributed by atoms with Gasteiger partial charge in [0.1, 0.15) is 12.3 Å². The first-order chi connectivity index (χ1) is 21.8. The van der Waals surface area contributed by atoms with Crippen LogP contribution in [0.4, 0.5) is 18.9 Å². The van der Waals surface area contributed by atoms with Gasteiger partial charge in [-0.05, 0) is 74.9 Å². The molecule has 4 aromatic rings. The van der Waals surface area contributed by atoms with E-state index >= 15 is 0 Å². The Balaban J connectivity index is 1.36. The van der Waals surface area contributed by atoms with Gasteiger partial charge in [-0.25, -0.2) is 4.98 Å². The molecular weight excluding hydrogens is 627 g/mol. The van der Waals surface area contributed by atoms with E-state index in [-0.39, 0.29) is 45.9 Å². The monoisotopic (exact) mass is 655 g/mol. The number of piperidine rings is 1. The summed E-state index contributed by atoms with van der Waals surface area (Å²) in [7, 11) is 0. The number of amides is 2. The molecule has 6 rings (SSSR count). The van der Waals surface area contributed by atoms with Gasteiger partial charge in [0.05, 0.1) is 16.3 Å². The van der Waals surface area contributed by atoms with Crippen molar-refractivity contribution in [2.75, 3.05) is 18.4 Å². The van der Waals surface area contributed by atoms with E-state index in [1.54, 1.807) is 16.4 Å². The highest BCUT2D eigenvalue weighted by molar-refractivity contribution is 6.33. The van der Waals surface area contributed by atoms with E-state index in [0.717, 1.165) is 22.7 Å². The minimum atomic E-state index is -4.60. The molecule has 2 amide bonds. The van der Waals surface area contributed by atoms with Crippen LogP contribution >= 0.6 is 11.6 Å². The second-order valence-corrected chi connectivity index (χ2v) is 12.1. The minimum absolute atomic E-state index is 0.00198. The average molecular weight is 656 g/mol. The molecule has 2 N–H and O–H groups in total. The van der Waals surface area contributed by atoms with E-state index in [1.807, 2.05) is 0 Å². The molecule has 1 aromatic carbocycles. The summed E-state index contributed by atoms with van der Waals surface area (Å²) < 4.78 is 42.2. The zero-order valence-electron chi connectivity index (χ0n) is 24.7. The number of alkyl halides is 3. The second kappa shape index (κ2) is 11.6. The third-order valence-corrected chi connectivity index (χ3v) is 9.01. The van der Waals surface area contributed by atoms with Crippen molar-refractivity contribution in [3.8, 4) is 5.75 Å². The lowest BCUT2D eigenvalue weighted by molar-refractivity contribution is -0.137. The molecule has 1 aliphatic carbocycles. The Bertz CT molecular complexity index is 1960. The zero-order chi connectivity index (χ0) is 33.0. The quantitative estimate of drug-likeness (QED) is 0.314. The molecule has 0 atom stereocenters. The van der Waals surface area contributed by atoms with Crippen LogP contribution < -0.4 is 10.9 Å². The average Bonchev–Trinajstić information content (AvgIpc) is 3.47. The van der Waals surface area contributed by atoms with Gasteiger partial charge in [0, 0.05) is 36.0 Å². The Morgan fingerprint density at radius 1 is 1.17 bits per heavy atom. The number of aromatic hydroxyl groups is 1. The predicted molar refractivity (Wildman–Crippen MR) is 163 cm³/mol. The van der Waals surface area contributed by atoms with Crippen molar-refractivity contribution >= 4 is 40.5 Å². The summed E-state index contributed by atoms with van der Waals surface area (Å²) in [5, 5.41) is 16.9. The molecular formula is C31H29ClF3N7O4. The number of aromatic nitrogens is 5. The van der Waals surface area contributed by atoms with E-state index in [0.29, 0.717) is 62.0 Å². The van der Waals surface area contributed by atoms with Crippen LogP contribution in [0.1, 0.15) is 65.7 Å². The fraction of sp³-hybridized carbons (Fsp3) is 0.355. The maximum absolute atomic E-state index is 14.1. The molecule has 1 saturated heterocycles. The number of hydrogen-bond acceptors (Lipinski definition) is 7.